The van der Waals surface area contributed by atoms with E-state index in [1.807, 2.05) is 0 Å². The van der Waals surface area contributed by atoms with Crippen molar-refractivity contribution in [3.05, 3.63) is 119 Å². The largest absolute Gasteiger partial charge is 0.507 e. The Morgan fingerprint density at radius 2 is 0.565 bits per heavy atom. The van der Waals surface area contributed by atoms with Gasteiger partial charge in [-0.2, -0.15) is 149 Å². The van der Waals surface area contributed by atoms with Crippen LogP contribution in [0.3, 0.4) is 0 Å². The predicted molar refractivity (Wildman–Crippen MR) is 250 cm³/mol. The van der Waals surface area contributed by atoms with Crippen molar-refractivity contribution in [3.63, 3.8) is 0 Å². The fourth-order valence-electron chi connectivity index (χ4n) is 8.26. The number of phenols is 2. The van der Waals surface area contributed by atoms with Crippen molar-refractivity contribution in [1.29, 1.82) is 0 Å². The van der Waals surface area contributed by atoms with E-state index in [-0.39, 0.29) is 23.6 Å². The van der Waals surface area contributed by atoms with Gasteiger partial charge in [-0.05, 0) is 82.2 Å². The van der Waals surface area contributed by atoms with E-state index in [9.17, 15) is 107 Å². The van der Waals surface area contributed by atoms with Crippen molar-refractivity contribution in [1.82, 2.24) is 0 Å². The first kappa shape index (κ1) is 73.1. The second-order valence-corrected chi connectivity index (χ2v) is 19.2. The van der Waals surface area contributed by atoms with Crippen molar-refractivity contribution in [2.24, 2.45) is 9.98 Å². The lowest BCUT2D eigenvalue weighted by Gasteiger charge is -2.42. The van der Waals surface area contributed by atoms with Gasteiger partial charge in [-0.25, -0.2) is 0 Å². The highest BCUT2D eigenvalue weighted by molar-refractivity contribution is 6.14. The molecule has 0 bridgehead atoms. The lowest BCUT2D eigenvalue weighted by atomic mass is 9.85. The van der Waals surface area contributed by atoms with Gasteiger partial charge in [0.2, 0.25) is 0 Å². The van der Waals surface area contributed by atoms with E-state index in [0.717, 1.165) is 50.6 Å². The van der Waals surface area contributed by atoms with Gasteiger partial charge in [0.25, 0.3) is 0 Å². The van der Waals surface area contributed by atoms with Crippen LogP contribution in [0.1, 0.15) is 22.3 Å². The molecule has 0 aliphatic rings. The van der Waals surface area contributed by atoms with Crippen molar-refractivity contribution in [2.45, 2.75) is 95.3 Å². The predicted octanol–water partition coefficient (Wildman–Crippen LogP) is 19.5. The average molecular weight is 1390 g/mol. The van der Waals surface area contributed by atoms with E-state index in [1.54, 1.807) is 0 Å². The molecule has 506 valence electrons. The van der Waals surface area contributed by atoms with Crippen LogP contribution >= 0.6 is 0 Å². The summed E-state index contributed by atoms with van der Waals surface area (Å²) in [5.74, 6) is -122. The number of phenolic OH excluding ortho intramolecular Hbond substituents is 2. The Morgan fingerprint density at radius 3 is 0.826 bits per heavy atom. The van der Waals surface area contributed by atoms with Gasteiger partial charge >= 0.3 is 95.3 Å². The Labute approximate surface area is 486 Å². The summed E-state index contributed by atoms with van der Waals surface area (Å²) < 4.78 is 498. The molecule has 0 spiro atoms. The Kier molecular flexibility index (Phi) is 17.8. The zero-order valence-corrected chi connectivity index (χ0v) is 43.8. The number of rotatable bonds is 21. The Morgan fingerprint density at radius 1 is 0.304 bits per heavy atom. The second-order valence-electron chi connectivity index (χ2n) is 19.2. The number of hydrogen-bond acceptors (Lipinski definition) is 6. The number of halogens is 34. The molecule has 0 atom stereocenters. The molecule has 6 aromatic rings. The minimum absolute atomic E-state index is 0.0234. The highest BCUT2D eigenvalue weighted by Gasteiger charge is 2.97. The van der Waals surface area contributed by atoms with Gasteiger partial charge in [-0.3, -0.25) is 9.98 Å². The molecule has 6 rings (SSSR count). The fourth-order valence-corrected chi connectivity index (χ4v) is 8.26. The van der Waals surface area contributed by atoms with Gasteiger partial charge in [-0.1, -0.05) is 36.4 Å². The smallest absolute Gasteiger partial charge is 0.460 e. The van der Waals surface area contributed by atoms with Crippen molar-refractivity contribution in [3.8, 4) is 34.1 Å². The molecule has 40 heteroatoms. The zero-order valence-electron chi connectivity index (χ0n) is 43.8. The molecule has 6 aromatic carbocycles. The number of hydrogen-bond donors (Lipinski definition) is 2. The molecule has 0 unspecified atom stereocenters. The zero-order chi connectivity index (χ0) is 70.8. The van der Waals surface area contributed by atoms with Crippen molar-refractivity contribution < 1.29 is 169 Å². The van der Waals surface area contributed by atoms with Gasteiger partial charge in [0, 0.05) is 45.8 Å². The molecule has 0 amide bonds. The summed E-state index contributed by atoms with van der Waals surface area (Å²) in [7, 11) is 2.09. The molecular weight excluding hydrogens is 1360 g/mol. The third-order valence-corrected chi connectivity index (χ3v) is 13.6. The lowest BCUT2D eigenvalue weighted by molar-refractivity contribution is -0.462. The average Bonchev–Trinajstić information content (AvgIpc) is 0.701. The maximum absolute atomic E-state index is 15.9. The van der Waals surface area contributed by atoms with Gasteiger partial charge in [0.15, 0.2) is 0 Å². The summed E-state index contributed by atoms with van der Waals surface area (Å²) >= 11 is 0. The van der Waals surface area contributed by atoms with Crippen LogP contribution < -0.4 is 9.47 Å². The van der Waals surface area contributed by atoms with E-state index >= 15 is 52.7 Å². The third-order valence-electron chi connectivity index (χ3n) is 13.6. The van der Waals surface area contributed by atoms with E-state index < -0.39 is 197 Å². The summed E-state index contributed by atoms with van der Waals surface area (Å²) in [4.78, 5) is 8.08. The molecule has 6 nitrogen and oxygen atoms in total. The lowest BCUT2D eigenvalue weighted by Crippen LogP contribution is -2.74. The Balaban J connectivity index is 1.69. The van der Waals surface area contributed by atoms with E-state index in [2.05, 4.69) is 9.98 Å². The molecule has 0 aromatic heterocycles. The maximum atomic E-state index is 15.9. The molecular formula is C52H26F34N2O4. The number of aromatic hydroxyl groups is 2. The molecule has 0 aliphatic heterocycles. The Hall–Kier alpha value is -8.00. The summed E-state index contributed by atoms with van der Waals surface area (Å²) in [6, 6.07) is 5.49. The topological polar surface area (TPSA) is 83.6 Å². The summed E-state index contributed by atoms with van der Waals surface area (Å²) in [6.07, 6.45) is -14.9. The molecule has 0 aliphatic carbocycles. The first-order valence-electron chi connectivity index (χ1n) is 23.7. The van der Waals surface area contributed by atoms with Crippen LogP contribution in [0, 0.1) is 0 Å². The number of fused-ring (bicyclic) bond motifs is 2. The number of ether oxygens (including phenoxy) is 2. The summed E-state index contributed by atoms with van der Waals surface area (Å²) in [5.41, 5.74) is -10.2. The van der Waals surface area contributed by atoms with Crippen LogP contribution in [0.4, 0.5) is 161 Å². The number of nitrogens with zero attached hydrogens (tertiary/aromatic N) is 2. The number of benzene rings is 6. The van der Waals surface area contributed by atoms with Gasteiger partial charge in [0.1, 0.15) is 23.0 Å². The Bertz CT molecular complexity index is 3600. The molecule has 0 heterocycles. The first-order valence-corrected chi connectivity index (χ1v) is 23.7. The highest BCUT2D eigenvalue weighted by Crippen LogP contribution is 2.68. The minimum atomic E-state index is -9.05. The molecule has 0 fully saturated rings. The van der Waals surface area contributed by atoms with Crippen LogP contribution in [0.25, 0.3) is 32.7 Å². The van der Waals surface area contributed by atoms with Crippen LogP contribution in [-0.4, -0.2) is 120 Å². The molecule has 92 heavy (non-hydrogen) atoms. The number of alkyl halides is 34. The monoisotopic (exact) mass is 1390 g/mol. The highest BCUT2D eigenvalue weighted by atomic mass is 19.4. The standard InChI is InChI=1S/C52H26F34N2O4/c1-91-27-7-13-33(89)23(17-27)19-87-31-11-3-21-15-25(37(53,54)39(57,58)41(61,62)43(65,66)45(69,70)47(73,74)49(77,78)51(81,82)83)5-9-29(21)35(31)36-30-10-6-26(16-22(30)4-12-32(36)88-20-24-18-28(92-2)8-14-34(24)90)38(55,56)40(59,60)42(63,64)44(67,68)46(71,72)48(75,76)50(79,80)52(84,85)86/h3-20,89-90H,1-2H3. The fraction of sp³-hybridized carbons (Fsp3) is 0.346. The van der Waals surface area contributed by atoms with Crippen LogP contribution in [0.5, 0.6) is 23.0 Å². The minimum Gasteiger partial charge on any atom is -0.507 e. The number of aliphatic imine (C=N–C) groups is 2. The second kappa shape index (κ2) is 22.4. The summed E-state index contributed by atoms with van der Waals surface area (Å²) in [6.45, 7) is 0. The van der Waals surface area contributed by atoms with Crippen LogP contribution in [0.15, 0.2) is 107 Å². The van der Waals surface area contributed by atoms with Gasteiger partial charge in [-0.15, -0.1) is 0 Å². The molecule has 0 radical (unpaired) electrons. The van der Waals surface area contributed by atoms with Crippen LogP contribution in [0.2, 0.25) is 0 Å². The molecule has 0 saturated carbocycles. The van der Waals surface area contributed by atoms with Crippen molar-refractivity contribution in [2.75, 3.05) is 14.2 Å². The van der Waals surface area contributed by atoms with Crippen molar-refractivity contribution >= 4 is 45.3 Å². The first-order chi connectivity index (χ1) is 41.3. The number of methoxy groups -OCH3 is 2. The van der Waals surface area contributed by atoms with E-state index in [4.69, 9.17) is 9.47 Å². The quantitative estimate of drug-likeness (QED) is 0.0556. The van der Waals surface area contributed by atoms with E-state index in [1.165, 1.54) is 0 Å². The normalized spacial score (nSPS) is 15.0. The van der Waals surface area contributed by atoms with Gasteiger partial charge < -0.3 is 19.7 Å². The van der Waals surface area contributed by atoms with Gasteiger partial charge in [0.05, 0.1) is 25.6 Å². The van der Waals surface area contributed by atoms with Crippen LogP contribution in [-0.2, 0) is 11.8 Å². The SMILES string of the molecule is COc1ccc(O)c(C=Nc2ccc3cc(C(F)(F)C(F)(F)C(F)(F)C(F)(F)C(F)(F)C(F)(F)C(F)(F)C(F)(F)F)ccc3c2-c2c(N=Cc3cc(OC)ccc3O)ccc3cc(C(F)(F)C(F)(F)C(F)(F)C(F)(F)C(F)(F)C(F)(F)C(F)(F)C(F)(F)F)ccc23)c1. The third kappa shape index (κ3) is 10.5. The summed E-state index contributed by atoms with van der Waals surface area (Å²) in [5, 5.41) is 16.6. The molecule has 2 N–H and O–H groups in total. The van der Waals surface area contributed by atoms with E-state index in [0.29, 0.717) is 36.7 Å². The molecule has 0 saturated heterocycles. The maximum Gasteiger partial charge on any atom is 0.460 e.